The van der Waals surface area contributed by atoms with Crippen LogP contribution in [0, 0.1) is 0 Å². The lowest BCUT2D eigenvalue weighted by Gasteiger charge is -2.17. The number of rotatable bonds is 19. The predicted molar refractivity (Wildman–Crippen MR) is 154 cm³/mol. The molecule has 0 aliphatic heterocycles. The molecule has 0 aliphatic carbocycles. The van der Waals surface area contributed by atoms with Crippen LogP contribution in [-0.2, 0) is 0 Å². The SMILES string of the molecule is CCOc1cc(C(=O)NCCCCNC(=O)c2cc(OCC)c(OCC)c(OCC)c2)cc(OCC)c1OCC. The summed E-state index contributed by atoms with van der Waals surface area (Å²) in [6.45, 7) is 14.7. The van der Waals surface area contributed by atoms with Crippen molar-refractivity contribution in [3.63, 3.8) is 0 Å². The second-order valence-corrected chi connectivity index (χ2v) is 8.42. The molecule has 2 aromatic carbocycles. The van der Waals surface area contributed by atoms with Gasteiger partial charge in [0.2, 0.25) is 11.5 Å². The van der Waals surface area contributed by atoms with Gasteiger partial charge in [-0.05, 0) is 78.6 Å². The lowest BCUT2D eigenvalue weighted by Crippen LogP contribution is -2.27. The normalized spacial score (nSPS) is 10.4. The molecule has 0 bridgehead atoms. The van der Waals surface area contributed by atoms with E-state index in [9.17, 15) is 9.59 Å². The summed E-state index contributed by atoms with van der Waals surface area (Å²) in [5.74, 6) is 2.39. The molecule has 2 N–H and O–H groups in total. The van der Waals surface area contributed by atoms with E-state index in [2.05, 4.69) is 10.6 Å². The van der Waals surface area contributed by atoms with Gasteiger partial charge in [-0.2, -0.15) is 0 Å². The van der Waals surface area contributed by atoms with E-state index in [1.807, 2.05) is 41.5 Å². The molecule has 0 saturated heterocycles. The van der Waals surface area contributed by atoms with Gasteiger partial charge in [-0.25, -0.2) is 0 Å². The molecule has 40 heavy (non-hydrogen) atoms. The van der Waals surface area contributed by atoms with Crippen molar-refractivity contribution in [2.24, 2.45) is 0 Å². The van der Waals surface area contributed by atoms with Crippen LogP contribution in [0.4, 0.5) is 0 Å². The maximum Gasteiger partial charge on any atom is 0.251 e. The van der Waals surface area contributed by atoms with Crippen molar-refractivity contribution in [3.05, 3.63) is 35.4 Å². The minimum atomic E-state index is -0.240. The van der Waals surface area contributed by atoms with E-state index >= 15 is 0 Å². The van der Waals surface area contributed by atoms with E-state index in [4.69, 9.17) is 28.4 Å². The molecular formula is C30H44N2O8. The van der Waals surface area contributed by atoms with Crippen molar-refractivity contribution in [2.75, 3.05) is 52.7 Å². The smallest absolute Gasteiger partial charge is 0.251 e. The molecule has 0 aliphatic rings. The van der Waals surface area contributed by atoms with Gasteiger partial charge in [0, 0.05) is 24.2 Å². The van der Waals surface area contributed by atoms with Crippen LogP contribution in [0.1, 0.15) is 75.1 Å². The van der Waals surface area contributed by atoms with Gasteiger partial charge in [-0.3, -0.25) is 9.59 Å². The molecule has 2 aromatic rings. The Morgan fingerprint density at radius 3 is 1.02 bits per heavy atom. The van der Waals surface area contributed by atoms with E-state index in [-0.39, 0.29) is 11.8 Å². The average Bonchev–Trinajstić information content (AvgIpc) is 2.94. The number of nitrogens with one attached hydrogen (secondary N) is 2. The van der Waals surface area contributed by atoms with Crippen LogP contribution in [0.2, 0.25) is 0 Å². The molecular weight excluding hydrogens is 516 g/mol. The lowest BCUT2D eigenvalue weighted by molar-refractivity contribution is 0.0938. The van der Waals surface area contributed by atoms with E-state index < -0.39 is 0 Å². The van der Waals surface area contributed by atoms with Gasteiger partial charge in [0.25, 0.3) is 11.8 Å². The third kappa shape index (κ3) is 9.43. The first kappa shape index (κ1) is 32.4. The van der Waals surface area contributed by atoms with Crippen molar-refractivity contribution in [3.8, 4) is 34.5 Å². The Labute approximate surface area is 237 Å². The average molecular weight is 561 g/mol. The zero-order valence-corrected chi connectivity index (χ0v) is 24.6. The molecule has 0 heterocycles. The third-order valence-corrected chi connectivity index (χ3v) is 5.52. The molecule has 10 heteroatoms. The van der Waals surface area contributed by atoms with Crippen molar-refractivity contribution in [1.29, 1.82) is 0 Å². The van der Waals surface area contributed by atoms with Crippen molar-refractivity contribution < 1.29 is 38.0 Å². The fourth-order valence-electron chi connectivity index (χ4n) is 3.90. The summed E-state index contributed by atoms with van der Waals surface area (Å²) in [4.78, 5) is 25.7. The van der Waals surface area contributed by atoms with Crippen LogP contribution >= 0.6 is 0 Å². The minimum Gasteiger partial charge on any atom is -0.490 e. The Morgan fingerprint density at radius 1 is 0.500 bits per heavy atom. The molecule has 10 nitrogen and oxygen atoms in total. The maximum absolute atomic E-state index is 12.8. The standard InChI is InChI=1S/C30H44N2O8/c1-7-35-23-17-21(18-24(36-8-2)27(23)39-11-5)29(33)31-15-13-14-16-32-30(34)22-19-25(37-9-3)28(40-12-6)26(20-22)38-10-4/h17-20H,7-16H2,1-6H3,(H,31,33)(H,32,34). The zero-order valence-electron chi connectivity index (χ0n) is 24.6. The van der Waals surface area contributed by atoms with Gasteiger partial charge in [0.1, 0.15) is 0 Å². The Kier molecular flexibility index (Phi) is 14.3. The summed E-state index contributed by atoms with van der Waals surface area (Å²) in [6, 6.07) is 6.65. The zero-order chi connectivity index (χ0) is 29.3. The lowest BCUT2D eigenvalue weighted by atomic mass is 10.1. The Morgan fingerprint density at radius 2 is 0.775 bits per heavy atom. The number of unbranched alkanes of at least 4 members (excludes halogenated alkanes) is 1. The summed E-state index contributed by atoms with van der Waals surface area (Å²) >= 11 is 0. The largest absolute Gasteiger partial charge is 0.490 e. The van der Waals surface area contributed by atoms with Crippen LogP contribution < -0.4 is 39.1 Å². The van der Waals surface area contributed by atoms with Crippen molar-refractivity contribution in [2.45, 2.75) is 54.4 Å². The van der Waals surface area contributed by atoms with Gasteiger partial charge in [0.05, 0.1) is 39.6 Å². The number of hydrogen-bond acceptors (Lipinski definition) is 8. The van der Waals surface area contributed by atoms with Gasteiger partial charge < -0.3 is 39.1 Å². The number of benzene rings is 2. The monoisotopic (exact) mass is 560 g/mol. The molecule has 0 saturated carbocycles. The summed E-state index contributed by atoms with van der Waals surface area (Å²) < 4.78 is 34.2. The second-order valence-electron chi connectivity index (χ2n) is 8.42. The van der Waals surface area contributed by atoms with Crippen LogP contribution in [0.3, 0.4) is 0 Å². The number of amides is 2. The molecule has 0 spiro atoms. The van der Waals surface area contributed by atoms with Crippen molar-refractivity contribution >= 4 is 11.8 Å². The Hall–Kier alpha value is -3.82. The van der Waals surface area contributed by atoms with Gasteiger partial charge in [-0.15, -0.1) is 0 Å². The molecule has 2 amide bonds. The highest BCUT2D eigenvalue weighted by Crippen LogP contribution is 2.40. The minimum absolute atomic E-state index is 0.240. The van der Waals surface area contributed by atoms with E-state index in [0.29, 0.717) is 111 Å². The van der Waals surface area contributed by atoms with Gasteiger partial charge in [-0.1, -0.05) is 0 Å². The first-order valence-corrected chi connectivity index (χ1v) is 14.1. The second kappa shape index (κ2) is 17.7. The molecule has 2 rings (SSSR count). The first-order valence-electron chi connectivity index (χ1n) is 14.1. The number of carbonyl (C=O) groups is 2. The van der Waals surface area contributed by atoms with Crippen LogP contribution in [0.15, 0.2) is 24.3 Å². The van der Waals surface area contributed by atoms with E-state index in [0.717, 1.165) is 0 Å². The van der Waals surface area contributed by atoms with E-state index in [1.165, 1.54) is 0 Å². The summed E-state index contributed by atoms with van der Waals surface area (Å²) in [7, 11) is 0. The van der Waals surface area contributed by atoms with Crippen LogP contribution in [0.25, 0.3) is 0 Å². The Bertz CT molecular complexity index is 950. The molecule has 0 aromatic heterocycles. The van der Waals surface area contributed by atoms with Crippen LogP contribution in [-0.4, -0.2) is 64.5 Å². The highest BCUT2D eigenvalue weighted by atomic mass is 16.5. The molecule has 0 atom stereocenters. The van der Waals surface area contributed by atoms with Gasteiger partial charge >= 0.3 is 0 Å². The molecule has 0 radical (unpaired) electrons. The van der Waals surface area contributed by atoms with Crippen molar-refractivity contribution in [1.82, 2.24) is 10.6 Å². The first-order chi connectivity index (χ1) is 19.4. The number of hydrogen-bond donors (Lipinski definition) is 2. The fourth-order valence-corrected chi connectivity index (χ4v) is 3.90. The Balaban J connectivity index is 1.94. The molecule has 0 unspecified atom stereocenters. The molecule has 0 fully saturated rings. The quantitative estimate of drug-likeness (QED) is 0.230. The van der Waals surface area contributed by atoms with E-state index in [1.54, 1.807) is 24.3 Å². The maximum atomic E-state index is 12.8. The fraction of sp³-hybridized carbons (Fsp3) is 0.533. The highest BCUT2D eigenvalue weighted by Gasteiger charge is 2.19. The topological polar surface area (TPSA) is 114 Å². The van der Waals surface area contributed by atoms with Crippen LogP contribution in [0.5, 0.6) is 34.5 Å². The summed E-state index contributed by atoms with van der Waals surface area (Å²) in [5.41, 5.74) is 0.851. The summed E-state index contributed by atoms with van der Waals surface area (Å²) in [6.07, 6.45) is 1.36. The number of carbonyl (C=O) groups excluding carboxylic acids is 2. The number of ether oxygens (including phenoxy) is 6. The third-order valence-electron chi connectivity index (χ3n) is 5.52. The molecule has 222 valence electrons. The van der Waals surface area contributed by atoms with Gasteiger partial charge in [0.15, 0.2) is 23.0 Å². The summed E-state index contributed by atoms with van der Waals surface area (Å²) in [5, 5.41) is 5.84. The predicted octanol–water partition coefficient (Wildman–Crippen LogP) is 5.02. The highest BCUT2D eigenvalue weighted by molar-refractivity contribution is 5.96.